The van der Waals surface area contributed by atoms with E-state index >= 15 is 0 Å². The first-order chi connectivity index (χ1) is 13.4. The maximum absolute atomic E-state index is 13.0. The summed E-state index contributed by atoms with van der Waals surface area (Å²) in [6.45, 7) is 11.9. The van der Waals surface area contributed by atoms with Crippen LogP contribution >= 0.6 is 11.6 Å². The number of amides is 1. The molecule has 2 N–H and O–H groups in total. The Morgan fingerprint density at radius 2 is 1.59 bits per heavy atom. The number of hydrogen-bond acceptors (Lipinski definition) is 3. The van der Waals surface area contributed by atoms with Gasteiger partial charge in [0.1, 0.15) is 4.90 Å². The summed E-state index contributed by atoms with van der Waals surface area (Å²) >= 11 is 6.18. The van der Waals surface area contributed by atoms with Crippen molar-refractivity contribution >= 4 is 33.2 Å². The van der Waals surface area contributed by atoms with Gasteiger partial charge in [0.15, 0.2) is 0 Å². The highest BCUT2D eigenvalue weighted by atomic mass is 35.5. The van der Waals surface area contributed by atoms with E-state index in [4.69, 9.17) is 11.6 Å². The molecule has 0 spiro atoms. The van der Waals surface area contributed by atoms with E-state index in [2.05, 4.69) is 10.0 Å². The molecule has 0 radical (unpaired) electrons. The number of benzene rings is 2. The molecule has 0 saturated heterocycles. The lowest BCUT2D eigenvalue weighted by Gasteiger charge is -2.26. The van der Waals surface area contributed by atoms with Crippen LogP contribution in [0.25, 0.3) is 0 Å². The molecule has 1 amide bonds. The number of anilines is 1. The van der Waals surface area contributed by atoms with Gasteiger partial charge >= 0.3 is 0 Å². The van der Waals surface area contributed by atoms with Crippen LogP contribution < -0.4 is 10.0 Å². The van der Waals surface area contributed by atoms with Gasteiger partial charge in [-0.25, -0.2) is 8.42 Å². The largest absolute Gasteiger partial charge is 0.349 e. The molecular formula is C22H29ClN2O3S. The molecule has 2 aromatic carbocycles. The van der Waals surface area contributed by atoms with Gasteiger partial charge in [-0.15, -0.1) is 0 Å². The summed E-state index contributed by atoms with van der Waals surface area (Å²) in [6.07, 6.45) is 0. The fraction of sp³-hybridized carbons (Fsp3) is 0.409. The zero-order valence-electron chi connectivity index (χ0n) is 17.7. The van der Waals surface area contributed by atoms with Crippen molar-refractivity contribution < 1.29 is 13.2 Å². The highest BCUT2D eigenvalue weighted by molar-refractivity contribution is 7.92. The Labute approximate surface area is 178 Å². The summed E-state index contributed by atoms with van der Waals surface area (Å²) in [6, 6.07) is 9.78. The van der Waals surface area contributed by atoms with E-state index in [1.165, 1.54) is 18.2 Å². The quantitative estimate of drug-likeness (QED) is 0.628. The van der Waals surface area contributed by atoms with Crippen LogP contribution in [0.1, 0.15) is 49.2 Å². The summed E-state index contributed by atoms with van der Waals surface area (Å²) in [4.78, 5) is 12.6. The predicted octanol–water partition coefficient (Wildman–Crippen LogP) is 5.17. The van der Waals surface area contributed by atoms with Crippen LogP contribution in [0.4, 0.5) is 5.69 Å². The molecule has 0 bridgehead atoms. The molecule has 5 nitrogen and oxygen atoms in total. The third-order valence-corrected chi connectivity index (χ3v) is 6.70. The number of nitrogens with one attached hydrogen (secondary N) is 2. The molecule has 0 unspecified atom stereocenters. The number of carbonyl (C=O) groups excluding carboxylic acids is 1. The second-order valence-corrected chi connectivity index (χ2v) is 10.1. The highest BCUT2D eigenvalue weighted by Gasteiger charge is 2.24. The standard InChI is InChI=1S/C22H29ClN2O3S/c1-13(2)21(14(3)4)24-22(26)17-9-10-18(23)20(12-17)29(27,28)25-19-11-15(5)7-8-16(19)6/h7-14,21,25H,1-6H3,(H,24,26). The van der Waals surface area contributed by atoms with Crippen molar-refractivity contribution in [3.8, 4) is 0 Å². The third-order valence-electron chi connectivity index (χ3n) is 4.85. The molecule has 0 aromatic heterocycles. The van der Waals surface area contributed by atoms with Crippen molar-refractivity contribution in [1.29, 1.82) is 0 Å². The molecule has 0 aliphatic carbocycles. The van der Waals surface area contributed by atoms with Crippen LogP contribution in [0.5, 0.6) is 0 Å². The third kappa shape index (κ3) is 5.73. The van der Waals surface area contributed by atoms with Crippen LogP contribution in [0.3, 0.4) is 0 Å². The van der Waals surface area contributed by atoms with Gasteiger partial charge in [-0.1, -0.05) is 51.4 Å². The lowest BCUT2D eigenvalue weighted by atomic mass is 9.93. The van der Waals surface area contributed by atoms with Crippen molar-refractivity contribution in [2.45, 2.75) is 52.5 Å². The van der Waals surface area contributed by atoms with Crippen molar-refractivity contribution in [1.82, 2.24) is 5.32 Å². The molecular weight excluding hydrogens is 408 g/mol. The van der Waals surface area contributed by atoms with E-state index in [0.29, 0.717) is 5.69 Å². The molecule has 2 rings (SSSR count). The zero-order chi connectivity index (χ0) is 21.9. The van der Waals surface area contributed by atoms with Crippen LogP contribution in [-0.2, 0) is 10.0 Å². The number of halogens is 1. The van der Waals surface area contributed by atoms with E-state index in [-0.39, 0.29) is 39.3 Å². The van der Waals surface area contributed by atoms with E-state index in [0.717, 1.165) is 11.1 Å². The molecule has 0 heterocycles. The average Bonchev–Trinajstić information content (AvgIpc) is 2.62. The monoisotopic (exact) mass is 436 g/mol. The molecule has 0 saturated carbocycles. The van der Waals surface area contributed by atoms with E-state index in [1.54, 1.807) is 6.07 Å². The van der Waals surface area contributed by atoms with E-state index in [9.17, 15) is 13.2 Å². The Morgan fingerprint density at radius 3 is 2.17 bits per heavy atom. The van der Waals surface area contributed by atoms with Gasteiger partial charge < -0.3 is 5.32 Å². The fourth-order valence-corrected chi connectivity index (χ4v) is 4.88. The van der Waals surface area contributed by atoms with Crippen LogP contribution in [0.2, 0.25) is 5.02 Å². The number of aryl methyl sites for hydroxylation is 2. The van der Waals surface area contributed by atoms with Gasteiger partial charge in [0.25, 0.3) is 15.9 Å². The van der Waals surface area contributed by atoms with Crippen LogP contribution in [-0.4, -0.2) is 20.4 Å². The maximum atomic E-state index is 13.0. The molecule has 0 aliphatic heterocycles. The Kier molecular flexibility index (Phi) is 7.35. The SMILES string of the molecule is Cc1ccc(C)c(NS(=O)(=O)c2cc(C(=O)NC(C(C)C)C(C)C)ccc2Cl)c1. The first-order valence-corrected chi connectivity index (χ1v) is 11.5. The Balaban J connectivity index is 2.36. The minimum absolute atomic E-state index is 0.0219. The van der Waals surface area contributed by atoms with Crippen molar-refractivity contribution in [3.05, 3.63) is 58.1 Å². The molecule has 158 valence electrons. The zero-order valence-corrected chi connectivity index (χ0v) is 19.3. The lowest BCUT2D eigenvalue weighted by Crippen LogP contribution is -2.42. The van der Waals surface area contributed by atoms with Crippen molar-refractivity contribution in [2.75, 3.05) is 4.72 Å². The first kappa shape index (κ1) is 23.2. The molecule has 2 aromatic rings. The van der Waals surface area contributed by atoms with E-state index in [1.807, 2.05) is 53.7 Å². The minimum Gasteiger partial charge on any atom is -0.349 e. The average molecular weight is 437 g/mol. The second-order valence-electron chi connectivity index (χ2n) is 8.06. The Hall–Kier alpha value is -2.05. The second kappa shape index (κ2) is 9.18. The highest BCUT2D eigenvalue weighted by Crippen LogP contribution is 2.27. The predicted molar refractivity (Wildman–Crippen MR) is 119 cm³/mol. The number of rotatable bonds is 7. The summed E-state index contributed by atoms with van der Waals surface area (Å²) in [5, 5.41) is 3.06. The molecule has 0 aliphatic rings. The molecule has 0 fully saturated rings. The van der Waals surface area contributed by atoms with E-state index < -0.39 is 10.0 Å². The molecule has 0 atom stereocenters. The number of carbonyl (C=O) groups is 1. The van der Waals surface area contributed by atoms with Gasteiger partial charge in [-0.3, -0.25) is 9.52 Å². The minimum atomic E-state index is -3.96. The van der Waals surface area contributed by atoms with Crippen molar-refractivity contribution in [3.63, 3.8) is 0 Å². The number of sulfonamides is 1. The topological polar surface area (TPSA) is 75.3 Å². The molecule has 7 heteroatoms. The summed E-state index contributed by atoms with van der Waals surface area (Å²) in [7, 11) is -3.96. The Bertz CT molecular complexity index is 993. The smallest absolute Gasteiger partial charge is 0.263 e. The van der Waals surface area contributed by atoms with Crippen LogP contribution in [0, 0.1) is 25.7 Å². The van der Waals surface area contributed by atoms with Gasteiger partial charge in [0.2, 0.25) is 0 Å². The normalized spacial score (nSPS) is 11.9. The lowest BCUT2D eigenvalue weighted by molar-refractivity contribution is 0.0910. The van der Waals surface area contributed by atoms with Crippen molar-refractivity contribution in [2.24, 2.45) is 11.8 Å². The summed E-state index contributed by atoms with van der Waals surface area (Å²) in [5.41, 5.74) is 2.46. The summed E-state index contributed by atoms with van der Waals surface area (Å²) < 4.78 is 28.5. The van der Waals surface area contributed by atoms with Crippen LogP contribution in [0.15, 0.2) is 41.3 Å². The van der Waals surface area contributed by atoms with Gasteiger partial charge in [-0.2, -0.15) is 0 Å². The van der Waals surface area contributed by atoms with Gasteiger partial charge in [0, 0.05) is 11.6 Å². The Morgan fingerprint density at radius 1 is 0.966 bits per heavy atom. The number of hydrogen-bond donors (Lipinski definition) is 2. The first-order valence-electron chi connectivity index (χ1n) is 9.63. The van der Waals surface area contributed by atoms with Gasteiger partial charge in [0.05, 0.1) is 10.7 Å². The molecule has 29 heavy (non-hydrogen) atoms. The fourth-order valence-electron chi connectivity index (χ4n) is 3.23. The summed E-state index contributed by atoms with van der Waals surface area (Å²) in [5.74, 6) is 0.179. The van der Waals surface area contributed by atoms with Gasteiger partial charge in [-0.05, 0) is 61.1 Å². The maximum Gasteiger partial charge on any atom is 0.263 e.